The molecule has 0 amide bonds. The first-order chi connectivity index (χ1) is 11.7. The fraction of sp³-hybridized carbons (Fsp3) is 0.722. The fourth-order valence-electron chi connectivity index (χ4n) is 3.22. The number of rotatable bonds is 6. The molecule has 26 heavy (non-hydrogen) atoms. The molecule has 0 bridgehead atoms. The van der Waals surface area contributed by atoms with Crippen molar-refractivity contribution < 1.29 is 8.42 Å². The van der Waals surface area contributed by atoms with E-state index in [1.165, 1.54) is 43.2 Å². The molecule has 1 aromatic heterocycles. The van der Waals surface area contributed by atoms with Gasteiger partial charge in [0.2, 0.25) is 0 Å². The topological polar surface area (TPSA) is 70.6 Å². The van der Waals surface area contributed by atoms with Crippen molar-refractivity contribution in [3.63, 3.8) is 0 Å². The van der Waals surface area contributed by atoms with Crippen LogP contribution in [-0.4, -0.2) is 45.5 Å². The van der Waals surface area contributed by atoms with Crippen LogP contribution >= 0.6 is 35.3 Å². The summed E-state index contributed by atoms with van der Waals surface area (Å²) >= 11 is 1.83. The number of sulfone groups is 1. The quantitative estimate of drug-likeness (QED) is 0.347. The maximum absolute atomic E-state index is 11.9. The highest BCUT2D eigenvalue weighted by Gasteiger charge is 2.35. The van der Waals surface area contributed by atoms with Crippen molar-refractivity contribution in [2.24, 2.45) is 4.99 Å². The van der Waals surface area contributed by atoms with Crippen molar-refractivity contribution in [2.75, 3.05) is 26.4 Å². The maximum atomic E-state index is 11.9. The van der Waals surface area contributed by atoms with E-state index in [-0.39, 0.29) is 29.4 Å². The summed E-state index contributed by atoms with van der Waals surface area (Å²) in [7, 11) is -1.41. The normalized spacial score (nSPS) is 18.1. The lowest BCUT2D eigenvalue weighted by atomic mass is 9.73. The number of nitrogens with one attached hydrogen (secondary N) is 2. The van der Waals surface area contributed by atoms with E-state index in [4.69, 9.17) is 0 Å². The highest BCUT2D eigenvalue weighted by molar-refractivity contribution is 14.0. The molecule has 1 aliphatic carbocycles. The summed E-state index contributed by atoms with van der Waals surface area (Å²) in [6.45, 7) is 4.62. The van der Waals surface area contributed by atoms with Gasteiger partial charge in [0.1, 0.15) is 0 Å². The standard InChI is InChI=1S/C18H31N3O2S2.HI/c1-17(2,25(4,22)23)13-20-16(19-3)21-14-18(10-6-5-7-11-18)15-9-8-12-24-15;/h8-9,12H,5-7,10-11,13-14H2,1-4H3,(H2,19,20,21);1H. The smallest absolute Gasteiger partial charge is 0.191 e. The molecule has 150 valence electrons. The molecule has 0 spiro atoms. The van der Waals surface area contributed by atoms with E-state index in [0.717, 1.165) is 6.54 Å². The first-order valence-electron chi connectivity index (χ1n) is 8.88. The Balaban J connectivity index is 0.00000338. The molecule has 1 aliphatic rings. The zero-order chi connectivity index (χ0) is 18.6. The molecule has 2 rings (SSSR count). The first-order valence-corrected chi connectivity index (χ1v) is 11.7. The van der Waals surface area contributed by atoms with Crippen molar-refractivity contribution in [3.8, 4) is 0 Å². The van der Waals surface area contributed by atoms with Crippen LogP contribution in [0.25, 0.3) is 0 Å². The number of nitrogens with zero attached hydrogens (tertiary/aromatic N) is 1. The van der Waals surface area contributed by atoms with Crippen molar-refractivity contribution in [3.05, 3.63) is 22.4 Å². The second-order valence-electron chi connectivity index (χ2n) is 7.63. The third-order valence-corrected chi connectivity index (χ3v) is 8.63. The summed E-state index contributed by atoms with van der Waals surface area (Å²) in [5, 5.41) is 8.77. The molecule has 8 heteroatoms. The predicted molar refractivity (Wildman–Crippen MR) is 123 cm³/mol. The van der Waals surface area contributed by atoms with Crippen molar-refractivity contribution in [2.45, 2.75) is 56.1 Å². The van der Waals surface area contributed by atoms with E-state index in [0.29, 0.717) is 12.5 Å². The number of thiophene rings is 1. The van der Waals surface area contributed by atoms with Crippen LogP contribution in [0.2, 0.25) is 0 Å². The molecule has 5 nitrogen and oxygen atoms in total. The van der Waals surface area contributed by atoms with Crippen LogP contribution in [0.4, 0.5) is 0 Å². The van der Waals surface area contributed by atoms with Crippen LogP contribution in [0.3, 0.4) is 0 Å². The number of guanidine groups is 1. The lowest BCUT2D eigenvalue weighted by molar-refractivity contribution is 0.296. The monoisotopic (exact) mass is 513 g/mol. The average Bonchev–Trinajstić information content (AvgIpc) is 3.10. The molecule has 1 fully saturated rings. The Morgan fingerprint density at radius 1 is 1.27 bits per heavy atom. The highest BCUT2D eigenvalue weighted by atomic mass is 127. The highest BCUT2D eigenvalue weighted by Crippen LogP contribution is 2.41. The van der Waals surface area contributed by atoms with Crippen LogP contribution in [0.15, 0.2) is 22.5 Å². The van der Waals surface area contributed by atoms with E-state index in [1.54, 1.807) is 20.9 Å². The van der Waals surface area contributed by atoms with Gasteiger partial charge in [-0.3, -0.25) is 4.99 Å². The van der Waals surface area contributed by atoms with Gasteiger partial charge in [0.25, 0.3) is 0 Å². The van der Waals surface area contributed by atoms with Crippen LogP contribution in [-0.2, 0) is 15.3 Å². The van der Waals surface area contributed by atoms with Gasteiger partial charge in [-0.25, -0.2) is 8.42 Å². The molecular formula is C18H32IN3O2S2. The van der Waals surface area contributed by atoms with Gasteiger partial charge in [-0.05, 0) is 38.1 Å². The van der Waals surface area contributed by atoms with Gasteiger partial charge >= 0.3 is 0 Å². The minimum Gasteiger partial charge on any atom is -0.355 e. The van der Waals surface area contributed by atoms with Crippen LogP contribution in [0.5, 0.6) is 0 Å². The van der Waals surface area contributed by atoms with Gasteiger partial charge in [0.05, 0.1) is 4.75 Å². The van der Waals surface area contributed by atoms with Crippen molar-refractivity contribution in [1.82, 2.24) is 10.6 Å². The molecule has 1 aromatic rings. The molecule has 0 radical (unpaired) electrons. The third-order valence-electron chi connectivity index (χ3n) is 5.36. The van der Waals surface area contributed by atoms with E-state index < -0.39 is 14.6 Å². The Morgan fingerprint density at radius 3 is 2.42 bits per heavy atom. The molecule has 0 aliphatic heterocycles. The molecule has 1 heterocycles. The van der Waals surface area contributed by atoms with Gasteiger partial charge in [0.15, 0.2) is 15.8 Å². The van der Waals surface area contributed by atoms with Crippen LogP contribution < -0.4 is 10.6 Å². The van der Waals surface area contributed by atoms with E-state index in [2.05, 4.69) is 33.1 Å². The van der Waals surface area contributed by atoms with Gasteiger partial charge in [-0.1, -0.05) is 25.3 Å². The van der Waals surface area contributed by atoms with Gasteiger partial charge < -0.3 is 10.6 Å². The number of aliphatic imine (C=N–C) groups is 1. The van der Waals surface area contributed by atoms with Gasteiger partial charge in [0, 0.05) is 36.7 Å². The van der Waals surface area contributed by atoms with E-state index in [1.807, 2.05) is 11.3 Å². The van der Waals surface area contributed by atoms with Gasteiger partial charge in [-0.15, -0.1) is 35.3 Å². The van der Waals surface area contributed by atoms with Crippen molar-refractivity contribution >= 4 is 51.1 Å². The molecule has 0 unspecified atom stereocenters. The summed E-state index contributed by atoms with van der Waals surface area (Å²) < 4.78 is 22.9. The average molecular weight is 514 g/mol. The lowest BCUT2D eigenvalue weighted by Crippen LogP contribution is -2.50. The summed E-state index contributed by atoms with van der Waals surface area (Å²) in [6, 6.07) is 4.36. The molecule has 0 saturated heterocycles. The maximum Gasteiger partial charge on any atom is 0.191 e. The summed E-state index contributed by atoms with van der Waals surface area (Å²) in [4.78, 5) is 5.71. The number of hydrogen-bond acceptors (Lipinski definition) is 4. The van der Waals surface area contributed by atoms with E-state index in [9.17, 15) is 8.42 Å². The Morgan fingerprint density at radius 2 is 1.92 bits per heavy atom. The molecular weight excluding hydrogens is 481 g/mol. The Hall–Kier alpha value is -0.350. The van der Waals surface area contributed by atoms with Gasteiger partial charge in [-0.2, -0.15) is 0 Å². The molecule has 1 saturated carbocycles. The Labute approximate surface area is 179 Å². The third kappa shape index (κ3) is 5.82. The molecule has 0 aromatic carbocycles. The van der Waals surface area contributed by atoms with Crippen LogP contribution in [0.1, 0.15) is 50.8 Å². The minimum atomic E-state index is -3.13. The summed E-state index contributed by atoms with van der Waals surface area (Å²) in [5.74, 6) is 0.665. The summed E-state index contributed by atoms with van der Waals surface area (Å²) in [6.07, 6.45) is 7.47. The Kier molecular flexibility index (Phi) is 8.86. The predicted octanol–water partition coefficient (Wildman–Crippen LogP) is 3.56. The molecule has 0 atom stereocenters. The Bertz CT molecular complexity index is 679. The lowest BCUT2D eigenvalue weighted by Gasteiger charge is -2.37. The first kappa shape index (κ1) is 23.7. The minimum absolute atomic E-state index is 0. The second-order valence-corrected chi connectivity index (χ2v) is 11.2. The van der Waals surface area contributed by atoms with Crippen LogP contribution in [0, 0.1) is 0 Å². The number of halogens is 1. The zero-order valence-corrected chi connectivity index (χ0v) is 20.1. The van der Waals surface area contributed by atoms with Crippen molar-refractivity contribution in [1.29, 1.82) is 0 Å². The number of hydrogen-bond donors (Lipinski definition) is 2. The van der Waals surface area contributed by atoms with E-state index >= 15 is 0 Å². The largest absolute Gasteiger partial charge is 0.355 e. The SMILES string of the molecule is CN=C(NCC1(c2cccs2)CCCCC1)NCC(C)(C)S(C)(=O)=O.I. The second kappa shape index (κ2) is 9.73. The fourth-order valence-corrected chi connectivity index (χ4v) is 4.54. The molecule has 2 N–H and O–H groups in total. The zero-order valence-electron chi connectivity index (χ0n) is 16.2. The summed E-state index contributed by atoms with van der Waals surface area (Å²) in [5.41, 5.74) is 0.163.